The number of phenols is 1. The first-order valence-electron chi connectivity index (χ1n) is 9.61. The maximum atomic E-state index is 10.3. The van der Waals surface area contributed by atoms with Gasteiger partial charge in [0.15, 0.2) is 5.58 Å². The molecule has 31 heavy (non-hydrogen) atoms. The molecular formula is C25H16BrClN2O2. The van der Waals surface area contributed by atoms with Gasteiger partial charge in [-0.25, -0.2) is 4.98 Å². The van der Waals surface area contributed by atoms with Gasteiger partial charge in [0.1, 0.15) is 11.3 Å². The molecule has 152 valence electrons. The van der Waals surface area contributed by atoms with E-state index in [1.54, 1.807) is 6.21 Å². The first-order valence-corrected chi connectivity index (χ1v) is 10.8. The topological polar surface area (TPSA) is 58.6 Å². The highest BCUT2D eigenvalue weighted by molar-refractivity contribution is 9.10. The average Bonchev–Trinajstić information content (AvgIpc) is 3.18. The smallest absolute Gasteiger partial charge is 0.227 e. The Labute approximate surface area is 192 Å². The number of oxazole rings is 1. The number of aliphatic imine (C=N–C) groups is 1. The molecule has 0 atom stereocenters. The van der Waals surface area contributed by atoms with E-state index >= 15 is 0 Å². The molecule has 1 N–H and O–H groups in total. The molecule has 1 aromatic heterocycles. The Hall–Kier alpha value is -3.15. The lowest BCUT2D eigenvalue weighted by Gasteiger charge is -2.04. The molecule has 0 unspecified atom stereocenters. The van der Waals surface area contributed by atoms with E-state index in [0.29, 0.717) is 33.3 Å². The second-order valence-corrected chi connectivity index (χ2v) is 8.55. The summed E-state index contributed by atoms with van der Waals surface area (Å²) in [4.78, 5) is 9.19. The number of aromatic hydroxyl groups is 1. The summed E-state index contributed by atoms with van der Waals surface area (Å²) in [6.07, 6.45) is 1.64. The Morgan fingerprint density at radius 2 is 1.84 bits per heavy atom. The molecule has 0 spiro atoms. The Kier molecular flexibility index (Phi) is 5.00. The molecule has 0 aliphatic rings. The van der Waals surface area contributed by atoms with Crippen LogP contribution >= 0.6 is 27.5 Å². The fourth-order valence-electron chi connectivity index (χ4n) is 3.57. The summed E-state index contributed by atoms with van der Waals surface area (Å²) in [5.74, 6) is 0.746. The minimum Gasteiger partial charge on any atom is -0.507 e. The summed E-state index contributed by atoms with van der Waals surface area (Å²) >= 11 is 9.79. The van der Waals surface area contributed by atoms with Crippen molar-refractivity contribution in [2.75, 3.05) is 0 Å². The van der Waals surface area contributed by atoms with E-state index in [9.17, 15) is 5.11 Å². The zero-order valence-electron chi connectivity index (χ0n) is 16.4. The third kappa shape index (κ3) is 3.71. The molecule has 0 radical (unpaired) electrons. The van der Waals surface area contributed by atoms with Crippen LogP contribution in [-0.4, -0.2) is 16.3 Å². The molecule has 0 saturated carbocycles. The molecule has 5 rings (SSSR count). The normalized spacial score (nSPS) is 11.7. The number of benzene rings is 4. The molecule has 1 heterocycles. The molecule has 0 aliphatic carbocycles. The van der Waals surface area contributed by atoms with Crippen molar-refractivity contribution < 1.29 is 9.52 Å². The van der Waals surface area contributed by atoms with E-state index in [1.807, 2.05) is 73.7 Å². The van der Waals surface area contributed by atoms with Crippen molar-refractivity contribution in [1.29, 1.82) is 0 Å². The first-order chi connectivity index (χ1) is 15.0. The lowest BCUT2D eigenvalue weighted by atomic mass is 10.0. The lowest BCUT2D eigenvalue weighted by Crippen LogP contribution is -1.86. The van der Waals surface area contributed by atoms with Crippen molar-refractivity contribution >= 4 is 61.3 Å². The van der Waals surface area contributed by atoms with Crippen LogP contribution in [0.4, 0.5) is 5.69 Å². The predicted molar refractivity (Wildman–Crippen MR) is 130 cm³/mol. The SMILES string of the molecule is Cc1cc(Br)cc(C=Nc2ccc3oc(-c4cccc5c(Cl)cccc45)nc3c2)c1O. The second-order valence-electron chi connectivity index (χ2n) is 7.23. The standard InChI is InChI=1S/C25H16BrClN2O2/c1-14-10-16(26)11-15(24(14)30)13-28-17-8-9-23-22(12-17)29-25(31-23)20-6-2-5-19-18(20)4-3-7-21(19)27/h2-13,30H,1H3. The molecule has 0 saturated heterocycles. The Morgan fingerprint density at radius 1 is 1.03 bits per heavy atom. The largest absolute Gasteiger partial charge is 0.507 e. The van der Waals surface area contributed by atoms with Crippen LogP contribution in [-0.2, 0) is 0 Å². The van der Waals surface area contributed by atoms with Gasteiger partial charge in [-0.1, -0.05) is 51.8 Å². The summed E-state index contributed by atoms with van der Waals surface area (Å²) in [6.45, 7) is 1.85. The number of aromatic nitrogens is 1. The number of halogens is 2. The van der Waals surface area contributed by atoms with Crippen LogP contribution in [0.5, 0.6) is 5.75 Å². The molecule has 4 aromatic carbocycles. The van der Waals surface area contributed by atoms with Crippen LogP contribution in [0.2, 0.25) is 5.02 Å². The van der Waals surface area contributed by atoms with Gasteiger partial charge in [-0.2, -0.15) is 0 Å². The van der Waals surface area contributed by atoms with Crippen molar-refractivity contribution in [3.63, 3.8) is 0 Å². The van der Waals surface area contributed by atoms with E-state index in [-0.39, 0.29) is 5.75 Å². The molecule has 5 aromatic rings. The van der Waals surface area contributed by atoms with Crippen LogP contribution < -0.4 is 0 Å². The van der Waals surface area contributed by atoms with Crippen molar-refractivity contribution in [3.05, 3.63) is 87.4 Å². The number of hydrogen-bond donors (Lipinski definition) is 1. The second kappa shape index (κ2) is 7.84. The summed E-state index contributed by atoms with van der Waals surface area (Å²) in [5.41, 5.74) is 4.40. The monoisotopic (exact) mass is 490 g/mol. The van der Waals surface area contributed by atoms with Gasteiger partial charge in [-0.05, 0) is 60.3 Å². The Bertz CT molecular complexity index is 1490. The predicted octanol–water partition coefficient (Wildman–Crippen LogP) is 7.83. The summed E-state index contributed by atoms with van der Waals surface area (Å²) in [6, 6.07) is 20.9. The number of aryl methyl sites for hydroxylation is 1. The van der Waals surface area contributed by atoms with E-state index in [4.69, 9.17) is 16.0 Å². The molecule has 6 heteroatoms. The fourth-order valence-corrected chi connectivity index (χ4v) is 4.40. The number of nitrogens with zero attached hydrogens (tertiary/aromatic N) is 2. The maximum Gasteiger partial charge on any atom is 0.227 e. The highest BCUT2D eigenvalue weighted by atomic mass is 79.9. The average molecular weight is 492 g/mol. The van der Waals surface area contributed by atoms with Crippen molar-refractivity contribution in [2.24, 2.45) is 4.99 Å². The fraction of sp³-hybridized carbons (Fsp3) is 0.0400. The van der Waals surface area contributed by atoms with Gasteiger partial charge in [0, 0.05) is 32.2 Å². The number of phenolic OH excluding ortho intramolecular Hbond substituents is 1. The van der Waals surface area contributed by atoms with Gasteiger partial charge in [-0.15, -0.1) is 0 Å². The first kappa shape index (κ1) is 19.8. The van der Waals surface area contributed by atoms with Gasteiger partial charge in [-0.3, -0.25) is 4.99 Å². The van der Waals surface area contributed by atoms with Crippen LogP contribution in [0.3, 0.4) is 0 Å². The quantitative estimate of drug-likeness (QED) is 0.262. The zero-order valence-corrected chi connectivity index (χ0v) is 18.8. The van der Waals surface area contributed by atoms with Crippen LogP contribution in [0.25, 0.3) is 33.3 Å². The van der Waals surface area contributed by atoms with Gasteiger partial charge in [0.2, 0.25) is 5.89 Å². The number of hydrogen-bond acceptors (Lipinski definition) is 4. The van der Waals surface area contributed by atoms with Crippen molar-refractivity contribution in [2.45, 2.75) is 6.92 Å². The summed E-state index contributed by atoms with van der Waals surface area (Å²) < 4.78 is 6.90. The van der Waals surface area contributed by atoms with E-state index in [0.717, 1.165) is 26.4 Å². The van der Waals surface area contributed by atoms with Crippen LogP contribution in [0.15, 0.2) is 80.6 Å². The van der Waals surface area contributed by atoms with E-state index in [1.165, 1.54) is 0 Å². The number of fused-ring (bicyclic) bond motifs is 2. The molecule has 0 fully saturated rings. The molecule has 0 amide bonds. The molecule has 0 bridgehead atoms. The maximum absolute atomic E-state index is 10.3. The van der Waals surface area contributed by atoms with Crippen LogP contribution in [0.1, 0.15) is 11.1 Å². The highest BCUT2D eigenvalue weighted by Crippen LogP contribution is 2.34. The molecule has 0 aliphatic heterocycles. The Balaban J connectivity index is 1.54. The van der Waals surface area contributed by atoms with E-state index in [2.05, 4.69) is 25.9 Å². The Morgan fingerprint density at radius 3 is 2.71 bits per heavy atom. The number of rotatable bonds is 3. The van der Waals surface area contributed by atoms with Gasteiger partial charge in [0.25, 0.3) is 0 Å². The van der Waals surface area contributed by atoms with Crippen molar-refractivity contribution in [1.82, 2.24) is 4.98 Å². The van der Waals surface area contributed by atoms with Gasteiger partial charge in [0.05, 0.1) is 5.69 Å². The minimum absolute atomic E-state index is 0.214. The van der Waals surface area contributed by atoms with Gasteiger partial charge < -0.3 is 9.52 Å². The molecular weight excluding hydrogens is 476 g/mol. The third-order valence-electron chi connectivity index (χ3n) is 5.12. The minimum atomic E-state index is 0.214. The van der Waals surface area contributed by atoms with Crippen molar-refractivity contribution in [3.8, 4) is 17.2 Å². The van der Waals surface area contributed by atoms with Crippen LogP contribution in [0, 0.1) is 6.92 Å². The summed E-state index contributed by atoms with van der Waals surface area (Å²) in [5, 5.41) is 12.9. The summed E-state index contributed by atoms with van der Waals surface area (Å²) in [7, 11) is 0. The third-order valence-corrected chi connectivity index (χ3v) is 5.91. The molecule has 4 nitrogen and oxygen atoms in total. The zero-order chi connectivity index (χ0) is 21.5. The lowest BCUT2D eigenvalue weighted by molar-refractivity contribution is 0.470. The van der Waals surface area contributed by atoms with Gasteiger partial charge >= 0.3 is 0 Å². The van der Waals surface area contributed by atoms with E-state index < -0.39 is 0 Å². The highest BCUT2D eigenvalue weighted by Gasteiger charge is 2.13.